The van der Waals surface area contributed by atoms with Crippen LogP contribution >= 0.6 is 0 Å². The molecule has 1 aromatic carbocycles. The van der Waals surface area contributed by atoms with Gasteiger partial charge in [0.2, 0.25) is 0 Å². The summed E-state index contributed by atoms with van der Waals surface area (Å²) in [6.07, 6.45) is 5.33. The van der Waals surface area contributed by atoms with Gasteiger partial charge in [-0.3, -0.25) is 0 Å². The molecule has 0 saturated heterocycles. The quantitative estimate of drug-likeness (QED) is 0.843. The summed E-state index contributed by atoms with van der Waals surface area (Å²) in [5, 5.41) is 3.54. The second-order valence-corrected chi connectivity index (χ2v) is 5.54. The van der Waals surface area contributed by atoms with Crippen LogP contribution in [0.5, 0.6) is 11.5 Å². The fraction of sp³-hybridized carbons (Fsp3) is 0.556. The molecule has 1 saturated carbocycles. The van der Waals surface area contributed by atoms with Crippen LogP contribution in [-0.2, 0) is 0 Å². The summed E-state index contributed by atoms with van der Waals surface area (Å²) in [6, 6.07) is 8.25. The van der Waals surface area contributed by atoms with Crippen molar-refractivity contribution in [2.75, 3.05) is 20.3 Å². The van der Waals surface area contributed by atoms with Crippen molar-refractivity contribution < 1.29 is 9.47 Å². The molecule has 0 bridgehead atoms. The summed E-state index contributed by atoms with van der Waals surface area (Å²) in [4.78, 5) is 0. The van der Waals surface area contributed by atoms with Crippen LogP contribution in [0.4, 0.5) is 0 Å². The molecule has 1 aliphatic carbocycles. The maximum atomic E-state index is 5.61. The molecule has 1 N–H and O–H groups in total. The van der Waals surface area contributed by atoms with Gasteiger partial charge in [0, 0.05) is 6.04 Å². The van der Waals surface area contributed by atoms with E-state index >= 15 is 0 Å². The lowest BCUT2D eigenvalue weighted by Crippen LogP contribution is -2.37. The molecular weight excluding hydrogens is 262 g/mol. The monoisotopic (exact) mass is 287 g/mol. The Balaban J connectivity index is 1.69. The van der Waals surface area contributed by atoms with Crippen LogP contribution in [0, 0.1) is 17.8 Å². The van der Waals surface area contributed by atoms with E-state index in [4.69, 9.17) is 9.47 Å². The minimum Gasteiger partial charge on any atom is -0.493 e. The largest absolute Gasteiger partial charge is 0.493 e. The molecular formula is C18H25NO2. The first-order chi connectivity index (χ1) is 10.3. The Morgan fingerprint density at radius 1 is 1.14 bits per heavy atom. The third-order valence-electron chi connectivity index (χ3n) is 4.06. The number of hydrogen-bond donors (Lipinski definition) is 1. The number of ether oxygens (including phenoxy) is 2. The average molecular weight is 287 g/mol. The van der Waals surface area contributed by atoms with Gasteiger partial charge >= 0.3 is 0 Å². The summed E-state index contributed by atoms with van der Waals surface area (Å²) in [5.41, 5.74) is 0. The predicted octanol–water partition coefficient (Wildman–Crippen LogP) is 3.25. The molecule has 2 atom stereocenters. The van der Waals surface area contributed by atoms with Crippen molar-refractivity contribution >= 4 is 0 Å². The number of hydrogen-bond acceptors (Lipinski definition) is 3. The fourth-order valence-electron chi connectivity index (χ4n) is 2.77. The van der Waals surface area contributed by atoms with Crippen LogP contribution in [0.15, 0.2) is 24.3 Å². The van der Waals surface area contributed by atoms with Gasteiger partial charge in [-0.2, -0.15) is 0 Å². The third-order valence-corrected chi connectivity index (χ3v) is 4.06. The number of para-hydroxylation sites is 2. The van der Waals surface area contributed by atoms with E-state index in [1.807, 2.05) is 24.3 Å². The van der Waals surface area contributed by atoms with E-state index in [1.54, 1.807) is 7.11 Å². The molecule has 114 valence electrons. The first kappa shape index (κ1) is 15.7. The van der Waals surface area contributed by atoms with E-state index in [2.05, 4.69) is 24.1 Å². The number of methoxy groups -OCH3 is 1. The Morgan fingerprint density at radius 2 is 1.90 bits per heavy atom. The Labute approximate surface area is 128 Å². The second kappa shape index (κ2) is 8.59. The number of nitrogens with one attached hydrogen (secondary N) is 1. The topological polar surface area (TPSA) is 30.5 Å². The van der Waals surface area contributed by atoms with Crippen molar-refractivity contribution in [3.05, 3.63) is 24.3 Å². The SMILES string of the molecule is COc1ccccc1OCC#CCN[C@@H]1CCCC[C@H]1C. The Morgan fingerprint density at radius 3 is 2.67 bits per heavy atom. The molecule has 0 aliphatic heterocycles. The smallest absolute Gasteiger partial charge is 0.162 e. The van der Waals surface area contributed by atoms with Gasteiger partial charge in [-0.05, 0) is 30.9 Å². The third kappa shape index (κ3) is 4.99. The molecule has 21 heavy (non-hydrogen) atoms. The van der Waals surface area contributed by atoms with Crippen molar-refractivity contribution in [3.63, 3.8) is 0 Å². The highest BCUT2D eigenvalue weighted by Crippen LogP contribution is 2.25. The molecule has 0 amide bonds. The van der Waals surface area contributed by atoms with Gasteiger partial charge in [-0.25, -0.2) is 0 Å². The molecule has 1 fully saturated rings. The highest BCUT2D eigenvalue weighted by molar-refractivity contribution is 5.39. The van der Waals surface area contributed by atoms with Crippen LogP contribution < -0.4 is 14.8 Å². The van der Waals surface area contributed by atoms with Crippen molar-refractivity contribution in [1.29, 1.82) is 0 Å². The van der Waals surface area contributed by atoms with Gasteiger partial charge in [0.05, 0.1) is 13.7 Å². The van der Waals surface area contributed by atoms with Crippen LogP contribution in [-0.4, -0.2) is 26.3 Å². The molecule has 2 rings (SSSR count). The minimum atomic E-state index is 0.391. The van der Waals surface area contributed by atoms with Crippen LogP contribution in [0.3, 0.4) is 0 Å². The molecule has 1 aliphatic rings. The van der Waals surface area contributed by atoms with Crippen LogP contribution in [0.25, 0.3) is 0 Å². The Kier molecular flexibility index (Phi) is 6.43. The van der Waals surface area contributed by atoms with Crippen molar-refractivity contribution in [3.8, 4) is 23.3 Å². The minimum absolute atomic E-state index is 0.391. The van der Waals surface area contributed by atoms with E-state index in [-0.39, 0.29) is 0 Å². The van der Waals surface area contributed by atoms with Gasteiger partial charge in [-0.15, -0.1) is 0 Å². The van der Waals surface area contributed by atoms with Gasteiger partial charge in [0.1, 0.15) is 6.61 Å². The van der Waals surface area contributed by atoms with E-state index in [0.29, 0.717) is 12.6 Å². The van der Waals surface area contributed by atoms with Crippen LogP contribution in [0.1, 0.15) is 32.6 Å². The van der Waals surface area contributed by atoms with Crippen molar-refractivity contribution in [2.24, 2.45) is 5.92 Å². The number of rotatable bonds is 5. The highest BCUT2D eigenvalue weighted by atomic mass is 16.5. The summed E-state index contributed by atoms with van der Waals surface area (Å²) >= 11 is 0. The van der Waals surface area contributed by atoms with E-state index in [0.717, 1.165) is 24.0 Å². The average Bonchev–Trinajstić information content (AvgIpc) is 2.52. The van der Waals surface area contributed by atoms with Crippen molar-refractivity contribution in [2.45, 2.75) is 38.6 Å². The molecule has 3 heteroatoms. The second-order valence-electron chi connectivity index (χ2n) is 5.54. The summed E-state index contributed by atoms with van der Waals surface area (Å²) in [6.45, 7) is 3.46. The van der Waals surface area contributed by atoms with Gasteiger partial charge < -0.3 is 14.8 Å². The molecule has 0 aromatic heterocycles. The van der Waals surface area contributed by atoms with E-state index in [1.165, 1.54) is 25.7 Å². The molecule has 3 nitrogen and oxygen atoms in total. The van der Waals surface area contributed by atoms with Gasteiger partial charge in [-0.1, -0.05) is 43.7 Å². The van der Waals surface area contributed by atoms with Gasteiger partial charge in [0.25, 0.3) is 0 Å². The first-order valence-electron chi connectivity index (χ1n) is 7.76. The van der Waals surface area contributed by atoms with E-state index in [9.17, 15) is 0 Å². The van der Waals surface area contributed by atoms with Crippen molar-refractivity contribution in [1.82, 2.24) is 5.32 Å². The summed E-state index contributed by atoms with van der Waals surface area (Å²) in [7, 11) is 1.64. The predicted molar refractivity (Wildman–Crippen MR) is 85.7 cm³/mol. The molecule has 0 spiro atoms. The molecule has 1 aromatic rings. The summed E-state index contributed by atoms with van der Waals surface area (Å²) < 4.78 is 10.8. The Hall–Kier alpha value is -1.66. The lowest BCUT2D eigenvalue weighted by atomic mass is 9.86. The Bertz CT molecular complexity index is 489. The highest BCUT2D eigenvalue weighted by Gasteiger charge is 2.19. The molecule has 0 heterocycles. The fourth-order valence-corrected chi connectivity index (χ4v) is 2.77. The maximum Gasteiger partial charge on any atom is 0.162 e. The lowest BCUT2D eigenvalue weighted by Gasteiger charge is -2.28. The number of benzene rings is 1. The molecule has 0 unspecified atom stereocenters. The van der Waals surface area contributed by atoms with Gasteiger partial charge in [0.15, 0.2) is 11.5 Å². The summed E-state index contributed by atoms with van der Waals surface area (Å²) in [5.74, 6) is 8.44. The lowest BCUT2D eigenvalue weighted by molar-refractivity contribution is 0.289. The first-order valence-corrected chi connectivity index (χ1v) is 7.76. The van der Waals surface area contributed by atoms with Crippen LogP contribution in [0.2, 0.25) is 0 Å². The zero-order valence-electron chi connectivity index (χ0n) is 13.0. The zero-order chi connectivity index (χ0) is 14.9. The van der Waals surface area contributed by atoms with E-state index < -0.39 is 0 Å². The molecule has 0 radical (unpaired) electrons. The maximum absolute atomic E-state index is 5.61. The normalized spacial score (nSPS) is 21.2. The standard InChI is InChI=1S/C18H25NO2/c1-15-9-3-4-10-16(15)19-13-7-8-14-21-18-12-6-5-11-17(18)20-2/h5-6,11-12,15-16,19H,3-4,9-10,13-14H2,1-2H3/t15-,16-/m1/s1. The zero-order valence-corrected chi connectivity index (χ0v) is 13.0.